The van der Waals surface area contributed by atoms with Crippen LogP contribution in [0.1, 0.15) is 310 Å². The molecule has 0 spiro atoms. The van der Waals surface area contributed by atoms with E-state index in [9.17, 15) is 43.2 Å². The molecule has 5 unspecified atom stereocenters. The quantitative estimate of drug-likeness (QED) is 0.0169. The highest BCUT2D eigenvalue weighted by Crippen LogP contribution is 2.45. The number of allylic oxidation sites excluding steroid dienone is 26. The maximum Gasteiger partial charge on any atom is 0.472 e. The molecule has 17 nitrogen and oxygen atoms in total. The van der Waals surface area contributed by atoms with Gasteiger partial charge in [-0.25, -0.2) is 9.13 Å². The lowest BCUT2D eigenvalue weighted by molar-refractivity contribution is -0.161. The second-order valence-corrected chi connectivity index (χ2v) is 29.5. The molecule has 0 saturated heterocycles. The van der Waals surface area contributed by atoms with Gasteiger partial charge in [-0.15, -0.1) is 0 Å². The summed E-state index contributed by atoms with van der Waals surface area (Å²) in [5.41, 5.74) is 0. The molecule has 3 N–H and O–H groups in total. The molecule has 0 heterocycles. The number of carbonyl (C=O) groups excluding carboxylic acids is 4. The molecule has 0 aliphatic rings. The van der Waals surface area contributed by atoms with E-state index >= 15 is 0 Å². The third kappa shape index (κ3) is 76.9. The van der Waals surface area contributed by atoms with Crippen molar-refractivity contribution in [1.29, 1.82) is 0 Å². The summed E-state index contributed by atoms with van der Waals surface area (Å²) in [4.78, 5) is 73.1. The summed E-state index contributed by atoms with van der Waals surface area (Å²) in [5.74, 6) is -2.29. The highest BCUT2D eigenvalue weighted by atomic mass is 31.2. The molecular weight excluding hydrogens is 1380 g/mol. The van der Waals surface area contributed by atoms with Gasteiger partial charge in [0.25, 0.3) is 0 Å². The van der Waals surface area contributed by atoms with Gasteiger partial charge in [0.2, 0.25) is 0 Å². The number of esters is 4. The Morgan fingerprint density at radius 2 is 0.500 bits per heavy atom. The standard InChI is InChI=1S/C87H144O17P2/c1-5-9-13-17-21-25-29-33-37-39-40-42-45-48-52-56-60-64-68-72-85(90)98-78-83(104-87(92)74-70-66-62-58-54-50-46-41-38-34-30-26-22-18-14-10-6-2)80-102-106(95,96)100-76-81(88)75-99-105(93,94)101-79-82(103-86(91)73-69-65-61-57-53-49-44-36-32-28-24-20-16-12-8-4)77-97-84(89)71-67-63-59-55-51-47-43-35-31-27-23-19-15-11-7-3/h9-10,13-14,21-28,33-38,40,42-44,46,50,58,62,81-83,88H,5-8,11-12,15-20,29-32,39,41,45,47-49,51-57,59-61,63-80H2,1-4H3,(H,93,94)(H,95,96)/b13-9-,14-10-,25-21-,26-22-,27-23-,28-24-,37-33-,38-34-,42-40-,43-35-,44-36-,50-46-,62-58-. The Morgan fingerprint density at radius 1 is 0.274 bits per heavy atom. The molecule has 0 aromatic rings. The molecule has 0 aliphatic heterocycles. The molecule has 0 aromatic carbocycles. The minimum atomic E-state index is -5.01. The summed E-state index contributed by atoms with van der Waals surface area (Å²) in [5, 5.41) is 10.7. The predicted octanol–water partition coefficient (Wildman–Crippen LogP) is 24.0. The van der Waals surface area contributed by atoms with Gasteiger partial charge >= 0.3 is 39.5 Å². The largest absolute Gasteiger partial charge is 0.472 e. The number of phosphoric ester groups is 2. The Kier molecular flexibility index (Phi) is 73.9. The monoisotopic (exact) mass is 1520 g/mol. The van der Waals surface area contributed by atoms with Crippen molar-refractivity contribution in [2.75, 3.05) is 39.6 Å². The lowest BCUT2D eigenvalue weighted by Gasteiger charge is -2.21. The molecule has 604 valence electrons. The molecule has 0 radical (unpaired) electrons. The number of aliphatic hydroxyl groups excluding tert-OH is 1. The first-order valence-electron chi connectivity index (χ1n) is 40.7. The van der Waals surface area contributed by atoms with Crippen molar-refractivity contribution in [3.63, 3.8) is 0 Å². The highest BCUT2D eigenvalue weighted by Gasteiger charge is 2.30. The predicted molar refractivity (Wildman–Crippen MR) is 436 cm³/mol. The molecule has 0 aromatic heterocycles. The van der Waals surface area contributed by atoms with Crippen LogP contribution in [0, 0.1) is 0 Å². The molecule has 0 fully saturated rings. The Labute approximate surface area is 642 Å². The average Bonchev–Trinajstić information content (AvgIpc) is 0.907. The fourth-order valence-corrected chi connectivity index (χ4v) is 11.9. The van der Waals surface area contributed by atoms with Gasteiger partial charge in [0.15, 0.2) is 12.2 Å². The van der Waals surface area contributed by atoms with E-state index in [1.165, 1.54) is 38.5 Å². The van der Waals surface area contributed by atoms with E-state index in [0.717, 1.165) is 186 Å². The van der Waals surface area contributed by atoms with Gasteiger partial charge in [-0.05, 0) is 167 Å². The van der Waals surface area contributed by atoms with Crippen molar-refractivity contribution >= 4 is 39.5 Å². The van der Waals surface area contributed by atoms with E-state index in [2.05, 4.69) is 174 Å². The number of hydrogen-bond donors (Lipinski definition) is 3. The first-order valence-corrected chi connectivity index (χ1v) is 43.7. The molecule has 106 heavy (non-hydrogen) atoms. The second kappa shape index (κ2) is 77.8. The van der Waals surface area contributed by atoms with Crippen LogP contribution in [0.3, 0.4) is 0 Å². The van der Waals surface area contributed by atoms with Crippen molar-refractivity contribution in [2.24, 2.45) is 0 Å². The van der Waals surface area contributed by atoms with Crippen LogP contribution in [-0.4, -0.2) is 96.7 Å². The zero-order chi connectivity index (χ0) is 77.4. The highest BCUT2D eigenvalue weighted by molar-refractivity contribution is 7.47. The van der Waals surface area contributed by atoms with Gasteiger partial charge in [0, 0.05) is 25.7 Å². The third-order valence-corrected chi connectivity index (χ3v) is 18.4. The molecule has 5 atom stereocenters. The SMILES string of the molecule is CC/C=C\C/C=C\C/C=C\C/C=C\C/C=C\CCCC(=O)OC(COC(=O)CCCCCCCC/C=C\C/C=C\C/C=C\C/C=C\CC)COP(=O)(O)OCC(O)COP(=O)(O)OCC(COC(=O)CCCCCCC/C=C\C/C=C\CCCCC)OC(=O)CCCCCCC/C=C\C/C=C\CCCCC. The first-order chi connectivity index (χ1) is 51.7. The number of hydrogen-bond acceptors (Lipinski definition) is 15. The zero-order valence-electron chi connectivity index (χ0n) is 66.1. The number of aliphatic hydroxyl groups is 1. The topological polar surface area (TPSA) is 237 Å². The van der Waals surface area contributed by atoms with Crippen LogP contribution in [0.25, 0.3) is 0 Å². The molecular formula is C87H144O17P2. The summed E-state index contributed by atoms with van der Waals surface area (Å²) in [6.45, 7) is 4.49. The van der Waals surface area contributed by atoms with Crippen molar-refractivity contribution < 1.29 is 80.2 Å². The first kappa shape index (κ1) is 101. The minimum absolute atomic E-state index is 0.00749. The lowest BCUT2D eigenvalue weighted by atomic mass is 10.1. The number of phosphoric acid groups is 2. The van der Waals surface area contributed by atoms with Crippen molar-refractivity contribution in [2.45, 2.75) is 329 Å². The van der Waals surface area contributed by atoms with Crippen LogP contribution >= 0.6 is 15.6 Å². The molecule has 0 aliphatic carbocycles. The Hall–Kier alpha value is -5.32. The van der Waals surface area contributed by atoms with Gasteiger partial charge in [-0.3, -0.25) is 37.3 Å². The second-order valence-electron chi connectivity index (χ2n) is 26.6. The number of rotatable bonds is 75. The Bertz CT molecular complexity index is 2630. The summed E-state index contributed by atoms with van der Waals surface area (Å²) in [6, 6.07) is 0. The van der Waals surface area contributed by atoms with E-state index in [1.807, 2.05) is 12.2 Å². The van der Waals surface area contributed by atoms with Crippen molar-refractivity contribution in [3.8, 4) is 0 Å². The average molecular weight is 1520 g/mol. The summed E-state index contributed by atoms with van der Waals surface area (Å²) in [7, 11) is -10.0. The summed E-state index contributed by atoms with van der Waals surface area (Å²) < 4.78 is 68.6. The van der Waals surface area contributed by atoms with Crippen LogP contribution in [-0.2, 0) is 65.4 Å². The summed E-state index contributed by atoms with van der Waals surface area (Å²) in [6.07, 6.45) is 90.7. The van der Waals surface area contributed by atoms with Crippen LogP contribution in [0.15, 0.2) is 158 Å². The summed E-state index contributed by atoms with van der Waals surface area (Å²) >= 11 is 0. The normalized spacial score (nSPS) is 14.7. The van der Waals surface area contributed by atoms with Gasteiger partial charge in [-0.2, -0.15) is 0 Å². The van der Waals surface area contributed by atoms with Crippen LogP contribution in [0.2, 0.25) is 0 Å². The number of ether oxygens (including phenoxy) is 4. The van der Waals surface area contributed by atoms with Crippen molar-refractivity contribution in [3.05, 3.63) is 158 Å². The van der Waals surface area contributed by atoms with E-state index < -0.39 is 97.5 Å². The minimum Gasteiger partial charge on any atom is -0.462 e. The van der Waals surface area contributed by atoms with Gasteiger partial charge in [-0.1, -0.05) is 276 Å². The van der Waals surface area contributed by atoms with Crippen molar-refractivity contribution in [1.82, 2.24) is 0 Å². The van der Waals surface area contributed by atoms with E-state index in [0.29, 0.717) is 32.1 Å². The molecule has 0 rings (SSSR count). The van der Waals surface area contributed by atoms with Gasteiger partial charge in [0.1, 0.15) is 19.3 Å². The van der Waals surface area contributed by atoms with Crippen LogP contribution in [0.5, 0.6) is 0 Å². The number of carbonyl (C=O) groups is 4. The molecule has 0 saturated carbocycles. The Morgan fingerprint density at radius 3 is 0.792 bits per heavy atom. The number of unbranched alkanes of at least 4 members (excludes halogenated alkanes) is 23. The van der Waals surface area contributed by atoms with E-state index in [-0.39, 0.29) is 25.7 Å². The van der Waals surface area contributed by atoms with Crippen LogP contribution in [0.4, 0.5) is 0 Å². The lowest BCUT2D eigenvalue weighted by Crippen LogP contribution is -2.30. The van der Waals surface area contributed by atoms with E-state index in [1.54, 1.807) is 0 Å². The fraction of sp³-hybridized carbons (Fsp3) is 0.655. The van der Waals surface area contributed by atoms with E-state index in [4.69, 9.17) is 37.0 Å². The Balaban J connectivity index is 5.46. The van der Waals surface area contributed by atoms with Crippen LogP contribution < -0.4 is 0 Å². The van der Waals surface area contributed by atoms with Gasteiger partial charge < -0.3 is 33.8 Å². The smallest absolute Gasteiger partial charge is 0.462 e. The zero-order valence-corrected chi connectivity index (χ0v) is 67.8. The molecule has 0 amide bonds. The molecule has 19 heteroatoms. The maximum atomic E-state index is 13.1. The molecule has 0 bridgehead atoms. The third-order valence-electron chi connectivity index (χ3n) is 16.5. The van der Waals surface area contributed by atoms with Gasteiger partial charge in [0.05, 0.1) is 26.4 Å². The maximum absolute atomic E-state index is 13.1. The fourth-order valence-electron chi connectivity index (χ4n) is 10.3.